The molecular weight excluding hydrogens is 272 g/mol. The fraction of sp³-hybridized carbons (Fsp3) is 0.143. The highest BCUT2D eigenvalue weighted by molar-refractivity contribution is 5.38. The van der Waals surface area contributed by atoms with Gasteiger partial charge in [-0.2, -0.15) is 0 Å². The van der Waals surface area contributed by atoms with Crippen molar-refractivity contribution in [3.8, 4) is 0 Å². The molecule has 6 heteroatoms. The molecule has 106 valence electrons. The van der Waals surface area contributed by atoms with Crippen molar-refractivity contribution in [1.29, 1.82) is 0 Å². The minimum absolute atomic E-state index is 0.152. The van der Waals surface area contributed by atoms with Gasteiger partial charge in [0.2, 0.25) is 0 Å². The number of halogens is 4. The Hall–Kier alpha value is -1.92. The monoisotopic (exact) mass is 284 g/mol. The lowest BCUT2D eigenvalue weighted by Gasteiger charge is -2.20. The number of nitrogens with two attached hydrogens (primary N) is 1. The predicted molar refractivity (Wildman–Crippen MR) is 66.6 cm³/mol. The first kappa shape index (κ1) is 14.5. The lowest BCUT2D eigenvalue weighted by molar-refractivity contribution is 0.433. The van der Waals surface area contributed by atoms with Crippen LogP contribution in [0.2, 0.25) is 0 Å². The van der Waals surface area contributed by atoms with E-state index in [1.807, 2.05) is 0 Å². The average molecular weight is 284 g/mol. The fourth-order valence-electron chi connectivity index (χ4n) is 2.07. The van der Waals surface area contributed by atoms with Crippen LogP contribution in [0.4, 0.5) is 17.6 Å². The molecule has 3 N–H and O–H groups in total. The number of benzene rings is 2. The summed E-state index contributed by atoms with van der Waals surface area (Å²) in [5.74, 6) is 0.754. The van der Waals surface area contributed by atoms with Crippen LogP contribution in [0.1, 0.15) is 22.7 Å². The Balaban J connectivity index is 2.55. The van der Waals surface area contributed by atoms with Crippen LogP contribution in [0.15, 0.2) is 30.3 Å². The van der Waals surface area contributed by atoms with Crippen molar-refractivity contribution < 1.29 is 17.6 Å². The molecule has 2 rings (SSSR count). The van der Waals surface area contributed by atoms with E-state index in [4.69, 9.17) is 5.84 Å². The van der Waals surface area contributed by atoms with Gasteiger partial charge >= 0.3 is 0 Å². The summed E-state index contributed by atoms with van der Waals surface area (Å²) in [4.78, 5) is 0. The molecule has 0 aromatic heterocycles. The third kappa shape index (κ3) is 2.52. The molecule has 20 heavy (non-hydrogen) atoms. The van der Waals surface area contributed by atoms with Gasteiger partial charge in [0.15, 0.2) is 17.5 Å². The van der Waals surface area contributed by atoms with Crippen molar-refractivity contribution in [1.82, 2.24) is 5.43 Å². The molecule has 0 aliphatic carbocycles. The number of rotatable bonds is 3. The summed E-state index contributed by atoms with van der Waals surface area (Å²) in [7, 11) is 0. The minimum Gasteiger partial charge on any atom is -0.271 e. The molecule has 0 spiro atoms. The summed E-state index contributed by atoms with van der Waals surface area (Å²) < 4.78 is 53.1. The standard InChI is InChI=1S/C14H12F4N2/c1-7-6-8(15)2-3-9(7)14(20-19)10-4-5-11(16)13(18)12(10)17/h2-6,14,20H,19H2,1H3. The highest BCUT2D eigenvalue weighted by Gasteiger charge is 2.22. The molecule has 1 atom stereocenters. The molecule has 0 bridgehead atoms. The van der Waals surface area contributed by atoms with Gasteiger partial charge in [0.05, 0.1) is 6.04 Å². The third-order valence-corrected chi connectivity index (χ3v) is 3.09. The van der Waals surface area contributed by atoms with Gasteiger partial charge in [-0.05, 0) is 36.2 Å². The second kappa shape index (κ2) is 5.60. The molecule has 0 aliphatic heterocycles. The Morgan fingerprint density at radius 3 is 2.20 bits per heavy atom. The molecule has 2 aromatic carbocycles. The quantitative estimate of drug-likeness (QED) is 0.393. The van der Waals surface area contributed by atoms with E-state index >= 15 is 0 Å². The average Bonchev–Trinajstić information content (AvgIpc) is 2.41. The fourth-order valence-corrected chi connectivity index (χ4v) is 2.07. The molecule has 0 saturated heterocycles. The Morgan fingerprint density at radius 1 is 0.950 bits per heavy atom. The second-order valence-electron chi connectivity index (χ2n) is 4.37. The molecule has 2 nitrogen and oxygen atoms in total. The Morgan fingerprint density at radius 2 is 1.60 bits per heavy atom. The zero-order chi connectivity index (χ0) is 14.9. The molecular formula is C14H12F4N2. The van der Waals surface area contributed by atoms with Crippen LogP contribution in [-0.2, 0) is 0 Å². The lowest BCUT2D eigenvalue weighted by atomic mass is 9.95. The van der Waals surface area contributed by atoms with E-state index < -0.39 is 29.3 Å². The molecule has 0 saturated carbocycles. The lowest BCUT2D eigenvalue weighted by Crippen LogP contribution is -2.30. The number of hydrogen-bond donors (Lipinski definition) is 2. The highest BCUT2D eigenvalue weighted by Crippen LogP contribution is 2.28. The van der Waals surface area contributed by atoms with E-state index in [-0.39, 0.29) is 5.56 Å². The third-order valence-electron chi connectivity index (χ3n) is 3.09. The van der Waals surface area contributed by atoms with Gasteiger partial charge < -0.3 is 0 Å². The summed E-state index contributed by atoms with van der Waals surface area (Å²) in [5, 5.41) is 0. The van der Waals surface area contributed by atoms with Crippen LogP contribution in [0.3, 0.4) is 0 Å². The zero-order valence-corrected chi connectivity index (χ0v) is 10.6. The topological polar surface area (TPSA) is 38.0 Å². The largest absolute Gasteiger partial charge is 0.271 e. The van der Waals surface area contributed by atoms with Gasteiger partial charge in [0, 0.05) is 5.56 Å². The van der Waals surface area contributed by atoms with Gasteiger partial charge in [-0.15, -0.1) is 0 Å². The van der Waals surface area contributed by atoms with Crippen molar-refractivity contribution >= 4 is 0 Å². The molecule has 2 aromatic rings. The van der Waals surface area contributed by atoms with Crippen LogP contribution < -0.4 is 11.3 Å². The normalized spacial score (nSPS) is 12.5. The zero-order valence-electron chi connectivity index (χ0n) is 10.6. The van der Waals surface area contributed by atoms with Crippen molar-refractivity contribution in [2.45, 2.75) is 13.0 Å². The van der Waals surface area contributed by atoms with Crippen LogP contribution >= 0.6 is 0 Å². The minimum atomic E-state index is -1.57. The van der Waals surface area contributed by atoms with Gasteiger partial charge in [0.25, 0.3) is 0 Å². The van der Waals surface area contributed by atoms with Crippen molar-refractivity contribution in [3.63, 3.8) is 0 Å². The summed E-state index contributed by atoms with van der Waals surface area (Å²) in [6.45, 7) is 1.61. The van der Waals surface area contributed by atoms with Gasteiger partial charge in [-0.25, -0.2) is 23.0 Å². The Bertz CT molecular complexity index is 643. The smallest absolute Gasteiger partial charge is 0.194 e. The second-order valence-corrected chi connectivity index (χ2v) is 4.37. The maximum Gasteiger partial charge on any atom is 0.194 e. The Labute approximate surface area is 113 Å². The highest BCUT2D eigenvalue weighted by atomic mass is 19.2. The molecule has 0 fully saturated rings. The van der Waals surface area contributed by atoms with Crippen molar-refractivity contribution in [2.24, 2.45) is 5.84 Å². The molecule has 0 amide bonds. The van der Waals surface area contributed by atoms with E-state index in [9.17, 15) is 17.6 Å². The van der Waals surface area contributed by atoms with Crippen LogP contribution in [0, 0.1) is 30.2 Å². The molecule has 0 radical (unpaired) electrons. The van der Waals surface area contributed by atoms with Gasteiger partial charge in [0.1, 0.15) is 5.82 Å². The number of hydrogen-bond acceptors (Lipinski definition) is 2. The van der Waals surface area contributed by atoms with E-state index in [1.165, 1.54) is 18.2 Å². The van der Waals surface area contributed by atoms with Crippen LogP contribution in [0.25, 0.3) is 0 Å². The van der Waals surface area contributed by atoms with Crippen molar-refractivity contribution in [2.75, 3.05) is 0 Å². The molecule has 0 aliphatic rings. The van der Waals surface area contributed by atoms with Crippen LogP contribution in [-0.4, -0.2) is 0 Å². The SMILES string of the molecule is Cc1cc(F)ccc1C(NN)c1ccc(F)c(F)c1F. The number of hydrazine groups is 1. The summed E-state index contributed by atoms with van der Waals surface area (Å²) >= 11 is 0. The summed E-state index contributed by atoms with van der Waals surface area (Å²) in [6.07, 6.45) is 0. The van der Waals surface area contributed by atoms with E-state index in [1.54, 1.807) is 6.92 Å². The van der Waals surface area contributed by atoms with Gasteiger partial charge in [-0.3, -0.25) is 5.84 Å². The first-order valence-corrected chi connectivity index (χ1v) is 5.81. The molecule has 1 unspecified atom stereocenters. The Kier molecular flexibility index (Phi) is 4.06. The summed E-state index contributed by atoms with van der Waals surface area (Å²) in [6, 6.07) is 4.85. The number of nitrogens with one attached hydrogen (secondary N) is 1. The first-order chi connectivity index (χ1) is 9.45. The maximum absolute atomic E-state index is 13.8. The van der Waals surface area contributed by atoms with E-state index in [0.29, 0.717) is 11.1 Å². The van der Waals surface area contributed by atoms with E-state index in [2.05, 4.69) is 5.43 Å². The molecule has 0 heterocycles. The van der Waals surface area contributed by atoms with Gasteiger partial charge in [-0.1, -0.05) is 12.1 Å². The first-order valence-electron chi connectivity index (χ1n) is 5.81. The van der Waals surface area contributed by atoms with E-state index in [0.717, 1.165) is 12.1 Å². The van der Waals surface area contributed by atoms with Crippen molar-refractivity contribution in [3.05, 3.63) is 70.3 Å². The summed E-state index contributed by atoms with van der Waals surface area (Å²) in [5.41, 5.74) is 3.16. The maximum atomic E-state index is 13.8. The number of aryl methyl sites for hydroxylation is 1. The van der Waals surface area contributed by atoms with Crippen LogP contribution in [0.5, 0.6) is 0 Å². The predicted octanol–water partition coefficient (Wildman–Crippen LogP) is 3.10.